The van der Waals surface area contributed by atoms with E-state index in [1.54, 1.807) is 31.2 Å². The van der Waals surface area contributed by atoms with Gasteiger partial charge in [-0.2, -0.15) is 0 Å². The predicted molar refractivity (Wildman–Crippen MR) is 83.1 cm³/mol. The highest BCUT2D eigenvalue weighted by Crippen LogP contribution is 2.29. The van der Waals surface area contributed by atoms with Gasteiger partial charge in [0.1, 0.15) is 0 Å². The van der Waals surface area contributed by atoms with Gasteiger partial charge in [0.05, 0.1) is 23.3 Å². The summed E-state index contributed by atoms with van der Waals surface area (Å²) in [5.41, 5.74) is 4.31. The topological polar surface area (TPSA) is 91.3 Å². The van der Waals surface area contributed by atoms with Crippen molar-refractivity contribution in [3.8, 4) is 0 Å². The van der Waals surface area contributed by atoms with Crippen molar-refractivity contribution in [3.63, 3.8) is 0 Å². The van der Waals surface area contributed by atoms with E-state index in [2.05, 4.69) is 5.73 Å². The highest BCUT2D eigenvalue weighted by molar-refractivity contribution is 8.00. The van der Waals surface area contributed by atoms with Crippen LogP contribution in [0.2, 0.25) is 0 Å². The maximum Gasteiger partial charge on any atom is 0.365 e. The molecule has 118 valence electrons. The first kappa shape index (κ1) is 16.5. The number of imide groups is 1. The summed E-state index contributed by atoms with van der Waals surface area (Å²) in [4.78, 5) is 37.2. The van der Waals surface area contributed by atoms with Gasteiger partial charge in [-0.1, -0.05) is 18.2 Å². The summed E-state index contributed by atoms with van der Waals surface area (Å²) < 4.78 is 4.88. The van der Waals surface area contributed by atoms with Gasteiger partial charge in [-0.25, -0.2) is 9.69 Å². The molecule has 7 heteroatoms. The van der Waals surface area contributed by atoms with Crippen LogP contribution in [0.1, 0.15) is 13.3 Å². The molecule has 1 aromatic rings. The molecule has 0 unspecified atom stereocenters. The van der Waals surface area contributed by atoms with Gasteiger partial charge >= 0.3 is 5.97 Å². The van der Waals surface area contributed by atoms with Crippen molar-refractivity contribution < 1.29 is 24.9 Å². The van der Waals surface area contributed by atoms with Crippen molar-refractivity contribution >= 4 is 35.2 Å². The molecule has 0 aromatic heterocycles. The van der Waals surface area contributed by atoms with E-state index in [0.29, 0.717) is 18.0 Å². The lowest BCUT2D eigenvalue weighted by atomic mass is 10.3. The van der Waals surface area contributed by atoms with E-state index in [1.807, 2.05) is 6.07 Å². The number of rotatable bonds is 6. The van der Waals surface area contributed by atoms with E-state index in [9.17, 15) is 14.4 Å². The Morgan fingerprint density at radius 2 is 2.09 bits per heavy atom. The molecule has 2 atom stereocenters. The van der Waals surface area contributed by atoms with Gasteiger partial charge in [0, 0.05) is 6.42 Å². The minimum atomic E-state index is -0.543. The lowest BCUT2D eigenvalue weighted by molar-refractivity contribution is -0.401. The lowest BCUT2D eigenvalue weighted by Gasteiger charge is -2.15. The first-order valence-electron chi connectivity index (χ1n) is 7.07. The molecular weight excluding hydrogens is 304 g/mol. The molecule has 1 aliphatic rings. The number of carbonyl (C=O) groups excluding carboxylic acids is 3. The zero-order valence-corrected chi connectivity index (χ0v) is 13.2. The van der Waals surface area contributed by atoms with Crippen LogP contribution in [0.15, 0.2) is 30.3 Å². The van der Waals surface area contributed by atoms with Gasteiger partial charge in [-0.15, -0.1) is 11.8 Å². The molecule has 1 saturated heterocycles. The summed E-state index contributed by atoms with van der Waals surface area (Å²) in [5, 5.41) is -0.466. The molecule has 0 saturated carbocycles. The molecule has 3 N–H and O–H groups in total. The molecule has 2 rings (SSSR count). The van der Waals surface area contributed by atoms with Crippen molar-refractivity contribution in [2.24, 2.45) is 0 Å². The number of esters is 1. The molecular formula is C15H19N2O4S+. The van der Waals surface area contributed by atoms with Crippen LogP contribution < -0.4 is 10.6 Å². The molecule has 22 heavy (non-hydrogen) atoms. The van der Waals surface area contributed by atoms with Crippen LogP contribution in [0, 0.1) is 0 Å². The fourth-order valence-corrected chi connectivity index (χ4v) is 3.25. The Morgan fingerprint density at radius 1 is 1.41 bits per heavy atom. The van der Waals surface area contributed by atoms with Gasteiger partial charge in [-0.05, 0) is 19.1 Å². The molecule has 0 spiro atoms. The molecule has 6 nitrogen and oxygen atoms in total. The maximum absolute atomic E-state index is 12.4. The summed E-state index contributed by atoms with van der Waals surface area (Å²) in [6.07, 6.45) is 0.147. The minimum absolute atomic E-state index is 0.147. The van der Waals surface area contributed by atoms with Gasteiger partial charge in [0.15, 0.2) is 6.04 Å². The summed E-state index contributed by atoms with van der Waals surface area (Å²) >= 11 is 1.28. The van der Waals surface area contributed by atoms with Crippen molar-refractivity contribution in [2.45, 2.75) is 24.6 Å². The number of hydrogen-bond acceptors (Lipinski definition) is 5. The molecule has 1 heterocycles. The number of anilines is 1. The van der Waals surface area contributed by atoms with Crippen LogP contribution in [0.3, 0.4) is 0 Å². The fraction of sp³-hybridized carbons (Fsp3) is 0.400. The van der Waals surface area contributed by atoms with Crippen LogP contribution in [-0.2, 0) is 19.1 Å². The number of nitrogens with zero attached hydrogens (tertiary/aromatic N) is 1. The average molecular weight is 323 g/mol. The van der Waals surface area contributed by atoms with Crippen molar-refractivity contribution in [1.82, 2.24) is 0 Å². The second-order valence-electron chi connectivity index (χ2n) is 4.88. The van der Waals surface area contributed by atoms with Crippen molar-refractivity contribution in [2.75, 3.05) is 17.3 Å². The van der Waals surface area contributed by atoms with E-state index < -0.39 is 11.3 Å². The zero-order valence-electron chi connectivity index (χ0n) is 12.4. The quantitative estimate of drug-likeness (QED) is 0.597. The van der Waals surface area contributed by atoms with Crippen LogP contribution in [0.4, 0.5) is 5.69 Å². The second kappa shape index (κ2) is 7.42. The number of ether oxygens (including phenoxy) is 1. The van der Waals surface area contributed by atoms with Crippen LogP contribution in [0.25, 0.3) is 0 Å². The molecule has 1 aromatic carbocycles. The van der Waals surface area contributed by atoms with E-state index >= 15 is 0 Å². The number of thioether (sulfide) groups is 1. The number of para-hydroxylation sites is 1. The Kier molecular flexibility index (Phi) is 5.57. The third-order valence-corrected chi connectivity index (χ3v) is 4.60. The Morgan fingerprint density at radius 3 is 2.73 bits per heavy atom. The van der Waals surface area contributed by atoms with E-state index in [1.165, 1.54) is 16.7 Å². The van der Waals surface area contributed by atoms with Gasteiger partial charge in [-0.3, -0.25) is 9.59 Å². The smallest absolute Gasteiger partial charge is 0.365 e. The molecule has 0 radical (unpaired) electrons. The monoisotopic (exact) mass is 323 g/mol. The van der Waals surface area contributed by atoms with Crippen molar-refractivity contribution in [3.05, 3.63) is 30.3 Å². The Balaban J connectivity index is 1.96. The standard InChI is InChI=1S/C15H18N2O4S/c1-2-21-15(20)11(16)9-22-12-8-13(18)17(14(12)19)10-6-4-3-5-7-10/h3-7,11-12H,2,8-9,16H2,1H3/p+1/t11-,12+/m1/s1. The normalized spacial score (nSPS) is 19.4. The predicted octanol–water partition coefficient (Wildman–Crippen LogP) is 0.225. The molecule has 1 aliphatic heterocycles. The maximum atomic E-state index is 12.4. The Hall–Kier alpha value is -1.86. The largest absolute Gasteiger partial charge is 0.462 e. The van der Waals surface area contributed by atoms with Crippen LogP contribution >= 0.6 is 11.8 Å². The lowest BCUT2D eigenvalue weighted by Crippen LogP contribution is -2.66. The SMILES string of the molecule is CCOC(=O)[C@H]([NH3+])CS[C@H]1CC(=O)N(c2ccccc2)C1=O. The summed E-state index contributed by atoms with van der Waals surface area (Å²) in [6.45, 7) is 2.03. The highest BCUT2D eigenvalue weighted by atomic mass is 32.2. The van der Waals surface area contributed by atoms with E-state index in [4.69, 9.17) is 4.74 Å². The van der Waals surface area contributed by atoms with Gasteiger partial charge in [0.2, 0.25) is 11.8 Å². The van der Waals surface area contributed by atoms with Crippen LogP contribution in [-0.4, -0.2) is 41.4 Å². The van der Waals surface area contributed by atoms with Gasteiger partial charge in [0.25, 0.3) is 0 Å². The Labute approximate surface area is 133 Å². The summed E-state index contributed by atoms with van der Waals surface area (Å²) in [7, 11) is 0. The number of carbonyl (C=O) groups is 3. The first-order valence-corrected chi connectivity index (χ1v) is 8.12. The molecule has 0 aliphatic carbocycles. The minimum Gasteiger partial charge on any atom is -0.462 e. The highest BCUT2D eigenvalue weighted by Gasteiger charge is 2.40. The first-order chi connectivity index (χ1) is 10.5. The number of hydrogen-bond donors (Lipinski definition) is 1. The zero-order chi connectivity index (χ0) is 16.1. The third-order valence-electron chi connectivity index (χ3n) is 3.24. The third kappa shape index (κ3) is 3.66. The summed E-state index contributed by atoms with van der Waals surface area (Å²) in [5.74, 6) is -0.486. The van der Waals surface area contributed by atoms with E-state index in [-0.39, 0.29) is 24.2 Å². The Bertz CT molecular complexity index is 564. The molecule has 0 bridgehead atoms. The van der Waals surface area contributed by atoms with Crippen LogP contribution in [0.5, 0.6) is 0 Å². The number of benzene rings is 1. The molecule has 2 amide bonds. The fourth-order valence-electron chi connectivity index (χ4n) is 2.14. The summed E-state index contributed by atoms with van der Waals surface area (Å²) in [6, 6.07) is 8.30. The van der Waals surface area contributed by atoms with Crippen molar-refractivity contribution in [1.29, 1.82) is 0 Å². The number of amides is 2. The second-order valence-corrected chi connectivity index (χ2v) is 6.11. The number of quaternary nitrogens is 1. The average Bonchev–Trinajstić information content (AvgIpc) is 2.80. The van der Waals surface area contributed by atoms with Gasteiger partial charge < -0.3 is 10.5 Å². The molecule has 1 fully saturated rings. The van der Waals surface area contributed by atoms with E-state index in [0.717, 1.165) is 0 Å².